The molecule has 1 amide bonds. The molecule has 0 aliphatic carbocycles. The molecule has 2 atom stereocenters. The lowest BCUT2D eigenvalue weighted by molar-refractivity contribution is -0.141. The third kappa shape index (κ3) is 2.68. The Labute approximate surface area is 110 Å². The van der Waals surface area contributed by atoms with Gasteiger partial charge in [-0.3, -0.25) is 4.79 Å². The van der Waals surface area contributed by atoms with E-state index in [0.29, 0.717) is 19.6 Å². The van der Waals surface area contributed by atoms with Crippen molar-refractivity contribution in [3.63, 3.8) is 0 Å². The van der Waals surface area contributed by atoms with Gasteiger partial charge >= 0.3 is 0 Å². The van der Waals surface area contributed by atoms with E-state index in [1.165, 1.54) is 0 Å². The summed E-state index contributed by atoms with van der Waals surface area (Å²) in [6, 6.07) is 0. The maximum atomic E-state index is 12.6. The van der Waals surface area contributed by atoms with Crippen molar-refractivity contribution < 1.29 is 14.3 Å². The smallest absolute Gasteiger partial charge is 0.230 e. The molecule has 106 valence electrons. The standard InChI is InChI=1S/C13H26N2O3/c1-5-13(6-2,9-14)12(16)15-7-10(17-3)11(8-15)18-4/h10-11H,5-9,14H2,1-4H3. The highest BCUT2D eigenvalue weighted by Crippen LogP contribution is 2.30. The summed E-state index contributed by atoms with van der Waals surface area (Å²) in [6.45, 7) is 5.62. The minimum absolute atomic E-state index is 0.0388. The van der Waals surface area contributed by atoms with E-state index in [9.17, 15) is 4.79 Å². The van der Waals surface area contributed by atoms with Crippen molar-refractivity contribution in [2.75, 3.05) is 33.9 Å². The molecule has 0 aromatic heterocycles. The Kier molecular flexibility index (Phi) is 5.56. The topological polar surface area (TPSA) is 64.8 Å². The average molecular weight is 258 g/mol. The Morgan fingerprint density at radius 3 is 1.94 bits per heavy atom. The van der Waals surface area contributed by atoms with Crippen LogP contribution >= 0.6 is 0 Å². The van der Waals surface area contributed by atoms with Crippen molar-refractivity contribution in [3.8, 4) is 0 Å². The first-order valence-electron chi connectivity index (χ1n) is 6.63. The summed E-state index contributed by atoms with van der Waals surface area (Å²) in [5, 5.41) is 0. The van der Waals surface area contributed by atoms with E-state index in [4.69, 9.17) is 15.2 Å². The van der Waals surface area contributed by atoms with E-state index in [0.717, 1.165) is 12.8 Å². The van der Waals surface area contributed by atoms with Gasteiger partial charge in [-0.15, -0.1) is 0 Å². The van der Waals surface area contributed by atoms with Crippen LogP contribution in [-0.4, -0.2) is 56.9 Å². The number of nitrogens with zero attached hydrogens (tertiary/aromatic N) is 1. The molecular weight excluding hydrogens is 232 g/mol. The number of carbonyl (C=O) groups excluding carboxylic acids is 1. The third-order valence-electron chi connectivity index (χ3n) is 4.31. The molecule has 1 saturated heterocycles. The molecule has 0 aromatic rings. The van der Waals surface area contributed by atoms with Crippen LogP contribution in [0.15, 0.2) is 0 Å². The second-order valence-corrected chi connectivity index (χ2v) is 4.95. The SMILES string of the molecule is CCC(CC)(CN)C(=O)N1CC(OC)C(OC)C1. The summed E-state index contributed by atoms with van der Waals surface area (Å²) in [5.41, 5.74) is 5.39. The summed E-state index contributed by atoms with van der Waals surface area (Å²) in [4.78, 5) is 14.5. The molecule has 1 fully saturated rings. The Hall–Kier alpha value is -0.650. The molecule has 0 aromatic carbocycles. The van der Waals surface area contributed by atoms with Crippen LogP contribution in [0.1, 0.15) is 26.7 Å². The molecule has 1 heterocycles. The van der Waals surface area contributed by atoms with Crippen molar-refractivity contribution in [2.45, 2.75) is 38.9 Å². The highest BCUT2D eigenvalue weighted by molar-refractivity contribution is 5.83. The molecule has 1 aliphatic heterocycles. The van der Waals surface area contributed by atoms with Crippen LogP contribution < -0.4 is 5.73 Å². The number of likely N-dealkylation sites (tertiary alicyclic amines) is 1. The zero-order valence-corrected chi connectivity index (χ0v) is 11.9. The van der Waals surface area contributed by atoms with Crippen molar-refractivity contribution in [3.05, 3.63) is 0 Å². The number of hydrogen-bond donors (Lipinski definition) is 1. The number of amides is 1. The molecule has 18 heavy (non-hydrogen) atoms. The van der Waals surface area contributed by atoms with E-state index >= 15 is 0 Å². The largest absolute Gasteiger partial charge is 0.377 e. The number of ether oxygens (including phenoxy) is 2. The van der Waals surface area contributed by atoms with Crippen LogP contribution in [0.2, 0.25) is 0 Å². The number of methoxy groups -OCH3 is 2. The fourth-order valence-electron chi connectivity index (χ4n) is 2.63. The van der Waals surface area contributed by atoms with E-state index < -0.39 is 5.41 Å². The zero-order chi connectivity index (χ0) is 13.8. The normalized spacial score (nSPS) is 24.6. The fraction of sp³-hybridized carbons (Fsp3) is 0.923. The van der Waals surface area contributed by atoms with E-state index in [1.807, 2.05) is 18.7 Å². The van der Waals surface area contributed by atoms with Crippen molar-refractivity contribution in [2.24, 2.45) is 11.1 Å². The lowest BCUT2D eigenvalue weighted by Gasteiger charge is -2.33. The molecule has 0 spiro atoms. The molecule has 5 heteroatoms. The summed E-state index contributed by atoms with van der Waals surface area (Å²) in [5.74, 6) is 0.136. The monoisotopic (exact) mass is 258 g/mol. The first-order chi connectivity index (χ1) is 8.58. The first-order valence-corrected chi connectivity index (χ1v) is 6.63. The maximum Gasteiger partial charge on any atom is 0.230 e. The molecule has 0 saturated carbocycles. The van der Waals surface area contributed by atoms with E-state index in [2.05, 4.69) is 0 Å². The summed E-state index contributed by atoms with van der Waals surface area (Å²) in [6.07, 6.45) is 1.46. The van der Waals surface area contributed by atoms with Gasteiger partial charge in [-0.2, -0.15) is 0 Å². The van der Waals surface area contributed by atoms with Crippen LogP contribution in [0.3, 0.4) is 0 Å². The third-order valence-corrected chi connectivity index (χ3v) is 4.31. The minimum Gasteiger partial charge on any atom is -0.377 e. The predicted molar refractivity (Wildman–Crippen MR) is 70.2 cm³/mol. The average Bonchev–Trinajstić information content (AvgIpc) is 2.84. The lowest BCUT2D eigenvalue weighted by Crippen LogP contribution is -2.47. The van der Waals surface area contributed by atoms with Crippen molar-refractivity contribution in [1.82, 2.24) is 4.90 Å². The van der Waals surface area contributed by atoms with Crippen LogP contribution in [-0.2, 0) is 14.3 Å². The number of hydrogen-bond acceptors (Lipinski definition) is 4. The highest BCUT2D eigenvalue weighted by Gasteiger charge is 2.43. The second-order valence-electron chi connectivity index (χ2n) is 4.95. The second kappa shape index (κ2) is 6.50. The molecule has 0 bridgehead atoms. The summed E-state index contributed by atoms with van der Waals surface area (Å²) < 4.78 is 10.7. The minimum atomic E-state index is -0.430. The Morgan fingerprint density at radius 1 is 1.22 bits per heavy atom. The lowest BCUT2D eigenvalue weighted by atomic mass is 9.81. The van der Waals surface area contributed by atoms with Crippen LogP contribution in [0.5, 0.6) is 0 Å². The van der Waals surface area contributed by atoms with Gasteiger partial charge in [-0.1, -0.05) is 13.8 Å². The predicted octanol–water partition coefficient (Wildman–Crippen LogP) is 0.624. The Morgan fingerprint density at radius 2 is 1.67 bits per heavy atom. The summed E-state index contributed by atoms with van der Waals surface area (Å²) in [7, 11) is 3.31. The summed E-state index contributed by atoms with van der Waals surface area (Å²) >= 11 is 0. The molecule has 2 unspecified atom stereocenters. The van der Waals surface area contributed by atoms with Gasteiger partial charge in [0.1, 0.15) is 12.2 Å². The number of nitrogens with two attached hydrogens (primary N) is 1. The van der Waals surface area contributed by atoms with Gasteiger partial charge in [0.2, 0.25) is 5.91 Å². The van der Waals surface area contributed by atoms with Crippen LogP contribution in [0, 0.1) is 5.41 Å². The van der Waals surface area contributed by atoms with Gasteiger partial charge < -0.3 is 20.1 Å². The van der Waals surface area contributed by atoms with E-state index in [-0.39, 0.29) is 18.1 Å². The van der Waals surface area contributed by atoms with Gasteiger partial charge in [0.25, 0.3) is 0 Å². The quantitative estimate of drug-likeness (QED) is 0.758. The Balaban J connectivity index is 2.79. The highest BCUT2D eigenvalue weighted by atomic mass is 16.5. The molecular formula is C13H26N2O3. The van der Waals surface area contributed by atoms with Gasteiger partial charge in [0, 0.05) is 33.9 Å². The zero-order valence-electron chi connectivity index (χ0n) is 11.9. The Bertz CT molecular complexity index is 259. The molecule has 5 nitrogen and oxygen atoms in total. The van der Waals surface area contributed by atoms with Gasteiger partial charge in [-0.25, -0.2) is 0 Å². The molecule has 0 radical (unpaired) electrons. The number of carbonyl (C=O) groups is 1. The van der Waals surface area contributed by atoms with Crippen LogP contribution in [0.25, 0.3) is 0 Å². The first kappa shape index (κ1) is 15.4. The van der Waals surface area contributed by atoms with Gasteiger partial charge in [0.05, 0.1) is 5.41 Å². The van der Waals surface area contributed by atoms with Crippen molar-refractivity contribution >= 4 is 5.91 Å². The fourth-order valence-corrected chi connectivity index (χ4v) is 2.63. The van der Waals surface area contributed by atoms with Crippen molar-refractivity contribution in [1.29, 1.82) is 0 Å². The van der Waals surface area contributed by atoms with Gasteiger partial charge in [-0.05, 0) is 12.8 Å². The van der Waals surface area contributed by atoms with Gasteiger partial charge in [0.15, 0.2) is 0 Å². The van der Waals surface area contributed by atoms with E-state index in [1.54, 1.807) is 14.2 Å². The van der Waals surface area contributed by atoms with Crippen LogP contribution in [0.4, 0.5) is 0 Å². The number of rotatable bonds is 6. The molecule has 2 N–H and O–H groups in total. The maximum absolute atomic E-state index is 12.6. The molecule has 1 rings (SSSR count). The molecule has 1 aliphatic rings.